The highest BCUT2D eigenvalue weighted by Crippen LogP contribution is 2.21. The fraction of sp³-hybridized carbons (Fsp3) is 0.462. The van der Waals surface area contributed by atoms with Crippen molar-refractivity contribution in [2.24, 2.45) is 0 Å². The molecule has 1 unspecified atom stereocenters. The van der Waals surface area contributed by atoms with E-state index in [2.05, 4.69) is 15.9 Å². The second-order valence-electron chi connectivity index (χ2n) is 4.29. The van der Waals surface area contributed by atoms with E-state index >= 15 is 0 Å². The van der Waals surface area contributed by atoms with Crippen LogP contribution in [0.5, 0.6) is 0 Å². The van der Waals surface area contributed by atoms with Crippen LogP contribution in [0.2, 0.25) is 0 Å². The molecule has 1 aliphatic rings. The molecule has 1 heterocycles. The Hall–Kier alpha value is -0.740. The van der Waals surface area contributed by atoms with Crippen molar-refractivity contribution in [2.45, 2.75) is 31.8 Å². The van der Waals surface area contributed by atoms with Gasteiger partial charge in [-0.3, -0.25) is 4.79 Å². The number of benzene rings is 1. The van der Waals surface area contributed by atoms with Gasteiger partial charge in [0.1, 0.15) is 11.6 Å². The molecule has 1 aliphatic heterocycles. The standard InChI is InChI=1S/C13H14BrFO2/c14-13-7-10(15)4-3-9(13)6-11(16)8-12-2-1-5-17-12/h3-4,7,12H,1-2,5-6,8H2. The van der Waals surface area contributed by atoms with Crippen LogP contribution in [0, 0.1) is 5.82 Å². The van der Waals surface area contributed by atoms with Crippen molar-refractivity contribution in [3.8, 4) is 0 Å². The Morgan fingerprint density at radius 1 is 1.53 bits per heavy atom. The molecule has 0 spiro atoms. The Labute approximate surface area is 108 Å². The van der Waals surface area contributed by atoms with E-state index in [9.17, 15) is 9.18 Å². The van der Waals surface area contributed by atoms with Crippen LogP contribution in [0.25, 0.3) is 0 Å². The van der Waals surface area contributed by atoms with Crippen molar-refractivity contribution in [1.82, 2.24) is 0 Å². The van der Waals surface area contributed by atoms with Crippen molar-refractivity contribution >= 4 is 21.7 Å². The zero-order chi connectivity index (χ0) is 12.3. The molecule has 0 saturated carbocycles. The summed E-state index contributed by atoms with van der Waals surface area (Å²) < 4.78 is 18.9. The second kappa shape index (κ2) is 5.74. The number of carbonyl (C=O) groups excluding carboxylic acids is 1. The van der Waals surface area contributed by atoms with E-state index in [1.165, 1.54) is 12.1 Å². The predicted molar refractivity (Wildman–Crippen MR) is 66.4 cm³/mol. The van der Waals surface area contributed by atoms with Gasteiger partial charge in [-0.05, 0) is 30.5 Å². The van der Waals surface area contributed by atoms with Gasteiger partial charge in [-0.2, -0.15) is 0 Å². The molecule has 1 atom stereocenters. The SMILES string of the molecule is O=C(Cc1ccc(F)cc1Br)CC1CCCO1. The predicted octanol–water partition coefficient (Wildman–Crippen LogP) is 3.27. The topological polar surface area (TPSA) is 26.3 Å². The van der Waals surface area contributed by atoms with E-state index in [-0.39, 0.29) is 17.7 Å². The van der Waals surface area contributed by atoms with Crippen LogP contribution in [0.3, 0.4) is 0 Å². The molecule has 0 amide bonds. The maximum Gasteiger partial charge on any atom is 0.139 e. The Balaban J connectivity index is 1.93. The Bertz CT molecular complexity index is 414. The van der Waals surface area contributed by atoms with Gasteiger partial charge in [0.05, 0.1) is 6.10 Å². The number of ether oxygens (including phenoxy) is 1. The maximum absolute atomic E-state index is 12.9. The number of hydrogen-bond acceptors (Lipinski definition) is 2. The first kappa shape index (κ1) is 12.7. The summed E-state index contributed by atoms with van der Waals surface area (Å²) in [5.74, 6) is -0.156. The average molecular weight is 301 g/mol. The number of Topliss-reactive ketones (excluding diaryl/α,β-unsaturated/α-hetero) is 1. The fourth-order valence-corrected chi connectivity index (χ4v) is 2.50. The lowest BCUT2D eigenvalue weighted by molar-refractivity contribution is -0.120. The number of ketones is 1. The highest BCUT2D eigenvalue weighted by Gasteiger charge is 2.19. The molecule has 17 heavy (non-hydrogen) atoms. The highest BCUT2D eigenvalue weighted by molar-refractivity contribution is 9.10. The van der Waals surface area contributed by atoms with Crippen LogP contribution in [0.4, 0.5) is 4.39 Å². The summed E-state index contributed by atoms with van der Waals surface area (Å²) in [7, 11) is 0. The monoisotopic (exact) mass is 300 g/mol. The van der Waals surface area contributed by atoms with Crippen LogP contribution in [-0.4, -0.2) is 18.5 Å². The Morgan fingerprint density at radius 3 is 3.00 bits per heavy atom. The number of carbonyl (C=O) groups is 1. The van der Waals surface area contributed by atoms with E-state index in [1.807, 2.05) is 0 Å². The lowest BCUT2D eigenvalue weighted by atomic mass is 10.0. The van der Waals surface area contributed by atoms with E-state index in [1.54, 1.807) is 6.07 Å². The molecule has 0 aliphatic carbocycles. The normalized spacial score (nSPS) is 19.5. The number of hydrogen-bond donors (Lipinski definition) is 0. The van der Waals surface area contributed by atoms with Gasteiger partial charge in [0.15, 0.2) is 0 Å². The van der Waals surface area contributed by atoms with Crippen molar-refractivity contribution in [3.05, 3.63) is 34.1 Å². The summed E-state index contributed by atoms with van der Waals surface area (Å²) in [6.45, 7) is 0.762. The molecular weight excluding hydrogens is 287 g/mol. The molecule has 1 aromatic carbocycles. The largest absolute Gasteiger partial charge is 0.378 e. The molecule has 0 bridgehead atoms. The van der Waals surface area contributed by atoms with Crippen molar-refractivity contribution < 1.29 is 13.9 Å². The summed E-state index contributed by atoms with van der Waals surface area (Å²) in [6, 6.07) is 4.40. The number of rotatable bonds is 4. The van der Waals surface area contributed by atoms with E-state index in [4.69, 9.17) is 4.74 Å². The molecule has 1 aromatic rings. The Morgan fingerprint density at radius 2 is 2.35 bits per heavy atom. The maximum atomic E-state index is 12.9. The minimum Gasteiger partial charge on any atom is -0.378 e. The molecule has 1 fully saturated rings. The zero-order valence-corrected chi connectivity index (χ0v) is 11.0. The molecule has 92 valence electrons. The molecule has 2 rings (SSSR count). The lowest BCUT2D eigenvalue weighted by Crippen LogP contribution is -2.14. The number of halogens is 2. The molecule has 0 radical (unpaired) electrons. The summed E-state index contributed by atoms with van der Waals surface area (Å²) in [5.41, 5.74) is 0.828. The van der Waals surface area contributed by atoms with Crippen LogP contribution in [0.15, 0.2) is 22.7 Å². The van der Waals surface area contributed by atoms with Gasteiger partial charge in [-0.15, -0.1) is 0 Å². The molecule has 4 heteroatoms. The lowest BCUT2D eigenvalue weighted by Gasteiger charge is -2.09. The first-order chi connectivity index (χ1) is 8.15. The second-order valence-corrected chi connectivity index (χ2v) is 5.14. The highest BCUT2D eigenvalue weighted by atomic mass is 79.9. The van der Waals surface area contributed by atoms with Gasteiger partial charge >= 0.3 is 0 Å². The van der Waals surface area contributed by atoms with Crippen molar-refractivity contribution in [1.29, 1.82) is 0 Å². The van der Waals surface area contributed by atoms with Gasteiger partial charge in [-0.1, -0.05) is 22.0 Å². The third-order valence-corrected chi connectivity index (χ3v) is 3.62. The van der Waals surface area contributed by atoms with Crippen LogP contribution < -0.4 is 0 Å². The molecule has 2 nitrogen and oxygen atoms in total. The summed E-state index contributed by atoms with van der Waals surface area (Å²) in [6.07, 6.45) is 2.89. The van der Waals surface area contributed by atoms with Gasteiger partial charge in [0.2, 0.25) is 0 Å². The third-order valence-electron chi connectivity index (χ3n) is 2.88. The molecule has 0 N–H and O–H groups in total. The minimum absolute atomic E-state index is 0.0849. The minimum atomic E-state index is -0.299. The third kappa shape index (κ3) is 3.61. The summed E-state index contributed by atoms with van der Waals surface area (Å²) in [4.78, 5) is 11.8. The first-order valence-electron chi connectivity index (χ1n) is 5.72. The van der Waals surface area contributed by atoms with Gasteiger partial charge in [0, 0.05) is 23.9 Å². The summed E-state index contributed by atoms with van der Waals surface area (Å²) in [5, 5.41) is 0. The van der Waals surface area contributed by atoms with Crippen LogP contribution in [-0.2, 0) is 16.0 Å². The van der Waals surface area contributed by atoms with Crippen LogP contribution >= 0.6 is 15.9 Å². The smallest absolute Gasteiger partial charge is 0.139 e. The van der Waals surface area contributed by atoms with Crippen molar-refractivity contribution in [2.75, 3.05) is 6.61 Å². The zero-order valence-electron chi connectivity index (χ0n) is 9.42. The van der Waals surface area contributed by atoms with Crippen LogP contribution in [0.1, 0.15) is 24.8 Å². The first-order valence-corrected chi connectivity index (χ1v) is 6.51. The van der Waals surface area contributed by atoms with Crippen molar-refractivity contribution in [3.63, 3.8) is 0 Å². The molecule has 1 saturated heterocycles. The quantitative estimate of drug-likeness (QED) is 0.853. The Kier molecular flexibility index (Phi) is 4.29. The summed E-state index contributed by atoms with van der Waals surface area (Å²) >= 11 is 3.26. The fourth-order valence-electron chi connectivity index (χ4n) is 2.01. The van der Waals surface area contributed by atoms with Gasteiger partial charge in [0.25, 0.3) is 0 Å². The molecule has 0 aromatic heterocycles. The van der Waals surface area contributed by atoms with E-state index in [0.717, 1.165) is 25.0 Å². The average Bonchev–Trinajstić information content (AvgIpc) is 2.75. The van der Waals surface area contributed by atoms with E-state index in [0.29, 0.717) is 17.3 Å². The van der Waals surface area contributed by atoms with E-state index < -0.39 is 0 Å². The van der Waals surface area contributed by atoms with Gasteiger partial charge in [-0.25, -0.2) is 4.39 Å². The molecular formula is C13H14BrFO2. The van der Waals surface area contributed by atoms with Gasteiger partial charge < -0.3 is 4.74 Å².